The predicted octanol–water partition coefficient (Wildman–Crippen LogP) is 3.16. The molecule has 1 amide bonds. The zero-order chi connectivity index (χ0) is 19.3. The highest BCUT2D eigenvalue weighted by Gasteiger charge is 2.38. The monoisotopic (exact) mass is 380 g/mol. The van der Waals surface area contributed by atoms with Crippen LogP contribution in [-0.2, 0) is 14.8 Å². The fourth-order valence-electron chi connectivity index (χ4n) is 4.02. The van der Waals surface area contributed by atoms with Crippen LogP contribution in [0.4, 0.5) is 5.69 Å². The summed E-state index contributed by atoms with van der Waals surface area (Å²) in [7, 11) is -3.63. The van der Waals surface area contributed by atoms with Crippen molar-refractivity contribution in [1.82, 2.24) is 4.31 Å². The Morgan fingerprint density at radius 1 is 1.19 bits per heavy atom. The van der Waals surface area contributed by atoms with Gasteiger partial charge in [0, 0.05) is 19.0 Å². The van der Waals surface area contributed by atoms with Gasteiger partial charge in [-0.05, 0) is 58.7 Å². The molecule has 1 aromatic rings. The Hall–Kier alpha value is -1.60. The van der Waals surface area contributed by atoms with Gasteiger partial charge in [0.2, 0.25) is 15.9 Å². The van der Waals surface area contributed by atoms with Crippen molar-refractivity contribution in [3.05, 3.63) is 18.2 Å². The number of carbonyl (C=O) groups excluding carboxylic acids is 1. The number of hydrogen-bond donors (Lipinski definition) is 0. The maximum Gasteiger partial charge on any atom is 0.243 e. The molecule has 2 aliphatic heterocycles. The number of benzene rings is 1. The van der Waals surface area contributed by atoms with E-state index in [9.17, 15) is 13.2 Å². The minimum absolute atomic E-state index is 0.0288. The summed E-state index contributed by atoms with van der Waals surface area (Å²) in [6, 6.07) is 4.77. The van der Waals surface area contributed by atoms with Crippen molar-refractivity contribution in [3.8, 4) is 5.75 Å². The first kappa shape index (κ1) is 19.2. The standard InChI is InChI=1S/C19H28N2O4S/c1-13-7-6-8-14(2)21(13)26(23,24)16-9-10-18-17(11-16)20(15(3)22)12-19(4,5)25-18/h9-11,13-14H,6-8,12H2,1-5H3. The lowest BCUT2D eigenvalue weighted by atomic mass is 10.0. The molecule has 0 spiro atoms. The zero-order valence-electron chi connectivity index (χ0n) is 16.2. The highest BCUT2D eigenvalue weighted by Crippen LogP contribution is 2.40. The van der Waals surface area contributed by atoms with Crippen LogP contribution in [0.2, 0.25) is 0 Å². The number of nitrogens with zero attached hydrogens (tertiary/aromatic N) is 2. The molecule has 26 heavy (non-hydrogen) atoms. The molecule has 6 nitrogen and oxygen atoms in total. The van der Waals surface area contributed by atoms with Crippen LogP contribution in [0.5, 0.6) is 5.75 Å². The summed E-state index contributed by atoms with van der Waals surface area (Å²) in [6.45, 7) is 9.61. The van der Waals surface area contributed by atoms with Crippen LogP contribution in [0.1, 0.15) is 53.9 Å². The molecule has 2 aliphatic rings. The van der Waals surface area contributed by atoms with E-state index in [4.69, 9.17) is 4.74 Å². The summed E-state index contributed by atoms with van der Waals surface area (Å²) < 4.78 is 34.1. The Balaban J connectivity index is 2.05. The van der Waals surface area contributed by atoms with Crippen LogP contribution in [0.3, 0.4) is 0 Å². The lowest BCUT2D eigenvalue weighted by Crippen LogP contribution is -2.49. The Bertz CT molecular complexity index is 809. The Kier molecular flexibility index (Phi) is 4.82. The molecule has 0 radical (unpaired) electrons. The van der Waals surface area contributed by atoms with Crippen molar-refractivity contribution in [1.29, 1.82) is 0 Å². The van der Waals surface area contributed by atoms with E-state index in [-0.39, 0.29) is 22.9 Å². The average molecular weight is 381 g/mol. The van der Waals surface area contributed by atoms with Crippen LogP contribution < -0.4 is 9.64 Å². The van der Waals surface area contributed by atoms with Crippen LogP contribution in [-0.4, -0.2) is 42.9 Å². The number of rotatable bonds is 2. The van der Waals surface area contributed by atoms with Crippen molar-refractivity contribution in [2.75, 3.05) is 11.4 Å². The van der Waals surface area contributed by atoms with Crippen molar-refractivity contribution in [3.63, 3.8) is 0 Å². The Morgan fingerprint density at radius 2 is 1.81 bits per heavy atom. The number of carbonyl (C=O) groups is 1. The van der Waals surface area contributed by atoms with Gasteiger partial charge in [-0.25, -0.2) is 8.42 Å². The largest absolute Gasteiger partial charge is 0.484 e. The van der Waals surface area contributed by atoms with E-state index in [1.807, 2.05) is 27.7 Å². The third-order valence-corrected chi connectivity index (χ3v) is 7.34. The molecule has 0 aliphatic carbocycles. The molecule has 144 valence electrons. The number of piperidine rings is 1. The molecule has 2 unspecified atom stereocenters. The van der Waals surface area contributed by atoms with Crippen molar-refractivity contribution < 1.29 is 17.9 Å². The smallest absolute Gasteiger partial charge is 0.243 e. The first-order valence-electron chi connectivity index (χ1n) is 9.18. The SMILES string of the molecule is CC(=O)N1CC(C)(C)Oc2ccc(S(=O)(=O)N3C(C)CCCC3C)cc21. The number of hydrogen-bond acceptors (Lipinski definition) is 4. The van der Waals surface area contributed by atoms with E-state index < -0.39 is 15.6 Å². The third-order valence-electron chi connectivity index (χ3n) is 5.21. The molecule has 1 aromatic carbocycles. The van der Waals surface area contributed by atoms with Gasteiger partial charge < -0.3 is 9.64 Å². The fraction of sp³-hybridized carbons (Fsp3) is 0.632. The van der Waals surface area contributed by atoms with Gasteiger partial charge in [0.1, 0.15) is 11.4 Å². The van der Waals surface area contributed by atoms with E-state index in [2.05, 4.69) is 0 Å². The normalized spacial score (nSPS) is 26.1. The van der Waals surface area contributed by atoms with Crippen LogP contribution in [0.25, 0.3) is 0 Å². The highest BCUT2D eigenvalue weighted by molar-refractivity contribution is 7.89. The first-order chi connectivity index (χ1) is 12.0. The maximum absolute atomic E-state index is 13.3. The summed E-state index contributed by atoms with van der Waals surface area (Å²) >= 11 is 0. The van der Waals surface area contributed by atoms with Gasteiger partial charge in [-0.3, -0.25) is 4.79 Å². The van der Waals surface area contributed by atoms with Gasteiger partial charge >= 0.3 is 0 Å². The Labute approximate surface area is 156 Å². The second kappa shape index (κ2) is 6.53. The van der Waals surface area contributed by atoms with Crippen molar-refractivity contribution >= 4 is 21.6 Å². The van der Waals surface area contributed by atoms with Gasteiger partial charge in [0.15, 0.2) is 0 Å². The molecule has 0 bridgehead atoms. The topological polar surface area (TPSA) is 66.9 Å². The van der Waals surface area contributed by atoms with Crippen molar-refractivity contribution in [2.45, 2.75) is 76.5 Å². The number of anilines is 1. The van der Waals surface area contributed by atoms with Crippen LogP contribution in [0, 0.1) is 0 Å². The molecule has 7 heteroatoms. The molecule has 0 saturated carbocycles. The van der Waals surface area contributed by atoms with E-state index in [1.165, 1.54) is 6.92 Å². The molecule has 0 N–H and O–H groups in total. The fourth-order valence-corrected chi connectivity index (χ4v) is 5.93. The quantitative estimate of drug-likeness (QED) is 0.790. The highest BCUT2D eigenvalue weighted by atomic mass is 32.2. The van der Waals surface area contributed by atoms with Crippen LogP contribution >= 0.6 is 0 Å². The summed E-state index contributed by atoms with van der Waals surface area (Å²) in [4.78, 5) is 13.9. The molecule has 2 heterocycles. The summed E-state index contributed by atoms with van der Waals surface area (Å²) in [5.74, 6) is 0.409. The Morgan fingerprint density at radius 3 is 2.38 bits per heavy atom. The molecule has 1 fully saturated rings. The lowest BCUT2D eigenvalue weighted by molar-refractivity contribution is -0.117. The number of fused-ring (bicyclic) bond motifs is 1. The van der Waals surface area contributed by atoms with Gasteiger partial charge in [0.25, 0.3) is 0 Å². The summed E-state index contributed by atoms with van der Waals surface area (Å²) in [5, 5.41) is 0. The minimum atomic E-state index is -3.63. The maximum atomic E-state index is 13.3. The molecule has 1 saturated heterocycles. The lowest BCUT2D eigenvalue weighted by Gasteiger charge is -2.40. The van der Waals surface area contributed by atoms with Gasteiger partial charge in [-0.1, -0.05) is 6.42 Å². The molecular formula is C19H28N2O4S. The summed E-state index contributed by atoms with van der Waals surface area (Å²) in [5.41, 5.74) is 0.00446. The van der Waals surface area contributed by atoms with Gasteiger partial charge in [-0.15, -0.1) is 0 Å². The number of amides is 1. The second-order valence-electron chi connectivity index (χ2n) is 8.06. The van der Waals surface area contributed by atoms with Crippen molar-refractivity contribution in [2.24, 2.45) is 0 Å². The minimum Gasteiger partial charge on any atom is -0.484 e. The second-order valence-corrected chi connectivity index (χ2v) is 9.90. The van der Waals surface area contributed by atoms with Gasteiger partial charge in [-0.2, -0.15) is 4.31 Å². The molecule has 3 rings (SSSR count). The molecular weight excluding hydrogens is 352 g/mol. The predicted molar refractivity (Wildman–Crippen MR) is 101 cm³/mol. The zero-order valence-corrected chi connectivity index (χ0v) is 17.0. The van der Waals surface area contributed by atoms with Crippen LogP contribution in [0.15, 0.2) is 23.1 Å². The van der Waals surface area contributed by atoms with E-state index >= 15 is 0 Å². The van der Waals surface area contributed by atoms with E-state index in [0.717, 1.165) is 19.3 Å². The van der Waals surface area contributed by atoms with E-state index in [1.54, 1.807) is 27.4 Å². The number of ether oxygens (including phenoxy) is 1. The first-order valence-corrected chi connectivity index (χ1v) is 10.6. The third kappa shape index (κ3) is 3.34. The molecule has 2 atom stereocenters. The molecule has 0 aromatic heterocycles. The number of sulfonamides is 1. The average Bonchev–Trinajstić information content (AvgIpc) is 2.52. The van der Waals surface area contributed by atoms with Gasteiger partial charge in [0.05, 0.1) is 17.1 Å². The van der Waals surface area contributed by atoms with E-state index in [0.29, 0.717) is 18.0 Å². The summed E-state index contributed by atoms with van der Waals surface area (Å²) in [6.07, 6.45) is 2.77.